The van der Waals surface area contributed by atoms with E-state index in [4.69, 9.17) is 0 Å². The first kappa shape index (κ1) is 18.7. The van der Waals surface area contributed by atoms with Gasteiger partial charge in [0.05, 0.1) is 0 Å². The fourth-order valence-electron chi connectivity index (χ4n) is 2.36. The first-order valence-electron chi connectivity index (χ1n) is 6.81. The SMILES string of the molecule is C=CCC1CN(CC=C)CCN(CC=C)CCN1.[Rh]. The van der Waals surface area contributed by atoms with Crippen molar-refractivity contribution in [1.29, 1.82) is 0 Å². The molecule has 0 aliphatic carbocycles. The van der Waals surface area contributed by atoms with Crippen molar-refractivity contribution in [1.82, 2.24) is 15.1 Å². The molecule has 0 saturated carbocycles. The van der Waals surface area contributed by atoms with Crippen LogP contribution >= 0.6 is 0 Å². The minimum Gasteiger partial charge on any atom is -0.311 e. The number of nitrogens with zero attached hydrogens (tertiary/aromatic N) is 2. The summed E-state index contributed by atoms with van der Waals surface area (Å²) in [5.74, 6) is 0. The summed E-state index contributed by atoms with van der Waals surface area (Å²) in [6, 6.07) is 0.506. The maximum Gasteiger partial charge on any atom is 0.0230 e. The Morgan fingerprint density at radius 3 is 2.21 bits per heavy atom. The van der Waals surface area contributed by atoms with Crippen molar-refractivity contribution in [3.05, 3.63) is 38.0 Å². The van der Waals surface area contributed by atoms with Gasteiger partial charge in [-0.15, -0.1) is 19.7 Å². The van der Waals surface area contributed by atoms with Crippen molar-refractivity contribution in [2.75, 3.05) is 45.8 Å². The van der Waals surface area contributed by atoms with Crippen LogP contribution in [0.2, 0.25) is 0 Å². The Balaban J connectivity index is 0.00000324. The molecule has 1 N–H and O–H groups in total. The molecule has 0 bridgehead atoms. The zero-order valence-electron chi connectivity index (χ0n) is 11.8. The summed E-state index contributed by atoms with van der Waals surface area (Å²) in [5.41, 5.74) is 0. The van der Waals surface area contributed by atoms with Gasteiger partial charge in [0.2, 0.25) is 0 Å². The molecular weight excluding hydrogens is 325 g/mol. The molecular formula is C15H27N3Rh. The zero-order chi connectivity index (χ0) is 13.2. The van der Waals surface area contributed by atoms with E-state index < -0.39 is 0 Å². The van der Waals surface area contributed by atoms with Gasteiger partial charge >= 0.3 is 0 Å². The summed E-state index contributed by atoms with van der Waals surface area (Å²) in [6.07, 6.45) is 7.00. The van der Waals surface area contributed by atoms with Crippen LogP contribution in [-0.2, 0) is 19.5 Å². The molecule has 0 spiro atoms. The molecule has 111 valence electrons. The van der Waals surface area contributed by atoms with Crippen LogP contribution < -0.4 is 5.32 Å². The Morgan fingerprint density at radius 2 is 1.58 bits per heavy atom. The Hall–Kier alpha value is -0.277. The number of nitrogens with one attached hydrogen (secondary N) is 1. The fraction of sp³-hybridized carbons (Fsp3) is 0.600. The van der Waals surface area contributed by atoms with Gasteiger partial charge in [-0.1, -0.05) is 18.2 Å². The minimum absolute atomic E-state index is 0. The summed E-state index contributed by atoms with van der Waals surface area (Å²) in [5, 5.41) is 3.62. The molecule has 1 saturated heterocycles. The molecule has 19 heavy (non-hydrogen) atoms. The first-order chi connectivity index (χ1) is 8.80. The molecule has 1 aliphatic rings. The second-order valence-corrected chi connectivity index (χ2v) is 4.81. The second kappa shape index (κ2) is 11.5. The Morgan fingerprint density at radius 1 is 0.947 bits per heavy atom. The van der Waals surface area contributed by atoms with E-state index in [-0.39, 0.29) is 19.5 Å². The molecule has 0 aromatic heterocycles. The fourth-order valence-corrected chi connectivity index (χ4v) is 2.36. The summed E-state index contributed by atoms with van der Waals surface area (Å²) in [6.45, 7) is 18.8. The van der Waals surface area contributed by atoms with E-state index in [1.165, 1.54) is 0 Å². The van der Waals surface area contributed by atoms with Crippen molar-refractivity contribution >= 4 is 0 Å². The molecule has 1 radical (unpaired) electrons. The van der Waals surface area contributed by atoms with Gasteiger partial charge in [0.15, 0.2) is 0 Å². The van der Waals surface area contributed by atoms with Crippen LogP contribution in [0.5, 0.6) is 0 Å². The van der Waals surface area contributed by atoms with Crippen molar-refractivity contribution in [2.45, 2.75) is 12.5 Å². The van der Waals surface area contributed by atoms with E-state index in [9.17, 15) is 0 Å². The molecule has 0 amide bonds. The molecule has 1 heterocycles. The quantitative estimate of drug-likeness (QED) is 0.578. The zero-order valence-corrected chi connectivity index (χ0v) is 13.5. The summed E-state index contributed by atoms with van der Waals surface area (Å²) < 4.78 is 0. The predicted octanol–water partition coefficient (Wildman–Crippen LogP) is 1.51. The van der Waals surface area contributed by atoms with Gasteiger partial charge < -0.3 is 5.32 Å². The van der Waals surface area contributed by atoms with Gasteiger partial charge in [-0.3, -0.25) is 9.80 Å². The average Bonchev–Trinajstić information content (AvgIpc) is 2.43. The van der Waals surface area contributed by atoms with E-state index in [1.807, 2.05) is 18.2 Å². The predicted molar refractivity (Wildman–Crippen MR) is 79.9 cm³/mol. The standard InChI is InChI=1S/C15H27N3.Rh/c1-4-7-15-14-18(10-6-3)13-12-17(9-5-2)11-8-16-15;/h4-6,15-16H,1-3,7-14H2;. The van der Waals surface area contributed by atoms with Crippen LogP contribution in [0.15, 0.2) is 38.0 Å². The topological polar surface area (TPSA) is 18.5 Å². The van der Waals surface area contributed by atoms with Gasteiger partial charge in [0.25, 0.3) is 0 Å². The van der Waals surface area contributed by atoms with Gasteiger partial charge in [-0.25, -0.2) is 0 Å². The molecule has 1 fully saturated rings. The summed E-state index contributed by atoms with van der Waals surface area (Å²) in [4.78, 5) is 4.89. The third-order valence-corrected chi connectivity index (χ3v) is 3.30. The van der Waals surface area contributed by atoms with E-state index >= 15 is 0 Å². The maximum atomic E-state index is 3.85. The van der Waals surface area contributed by atoms with E-state index in [0.29, 0.717) is 6.04 Å². The molecule has 1 rings (SSSR count). The third kappa shape index (κ3) is 7.79. The normalized spacial score (nSPS) is 22.4. The van der Waals surface area contributed by atoms with Gasteiger partial charge in [0, 0.05) is 71.3 Å². The Labute approximate surface area is 131 Å². The van der Waals surface area contributed by atoms with Gasteiger partial charge in [-0.2, -0.15) is 0 Å². The monoisotopic (exact) mass is 352 g/mol. The molecule has 0 aromatic rings. The molecule has 3 nitrogen and oxygen atoms in total. The van der Waals surface area contributed by atoms with Crippen LogP contribution in [-0.4, -0.2) is 61.7 Å². The first-order valence-corrected chi connectivity index (χ1v) is 6.81. The van der Waals surface area contributed by atoms with Crippen LogP contribution in [0.4, 0.5) is 0 Å². The number of rotatable bonds is 6. The van der Waals surface area contributed by atoms with Crippen molar-refractivity contribution in [3.8, 4) is 0 Å². The summed E-state index contributed by atoms with van der Waals surface area (Å²) in [7, 11) is 0. The molecule has 4 heteroatoms. The van der Waals surface area contributed by atoms with E-state index in [0.717, 1.165) is 52.2 Å². The van der Waals surface area contributed by atoms with Crippen molar-refractivity contribution in [2.24, 2.45) is 0 Å². The number of hydrogen-bond acceptors (Lipinski definition) is 3. The smallest absolute Gasteiger partial charge is 0.0230 e. The van der Waals surface area contributed by atoms with Crippen molar-refractivity contribution in [3.63, 3.8) is 0 Å². The van der Waals surface area contributed by atoms with Gasteiger partial charge in [0.1, 0.15) is 0 Å². The molecule has 1 aliphatic heterocycles. The minimum atomic E-state index is 0. The third-order valence-electron chi connectivity index (χ3n) is 3.30. The maximum absolute atomic E-state index is 3.85. The van der Waals surface area contributed by atoms with Crippen LogP contribution in [0.3, 0.4) is 0 Å². The summed E-state index contributed by atoms with van der Waals surface area (Å²) >= 11 is 0. The van der Waals surface area contributed by atoms with E-state index in [2.05, 4.69) is 34.9 Å². The van der Waals surface area contributed by atoms with Crippen LogP contribution in [0.25, 0.3) is 0 Å². The average molecular weight is 352 g/mol. The Kier molecular flexibility index (Phi) is 11.4. The van der Waals surface area contributed by atoms with Crippen LogP contribution in [0, 0.1) is 0 Å². The molecule has 1 atom stereocenters. The number of hydrogen-bond donors (Lipinski definition) is 1. The van der Waals surface area contributed by atoms with E-state index in [1.54, 1.807) is 0 Å². The largest absolute Gasteiger partial charge is 0.311 e. The van der Waals surface area contributed by atoms with Crippen LogP contribution in [0.1, 0.15) is 6.42 Å². The van der Waals surface area contributed by atoms with Gasteiger partial charge in [-0.05, 0) is 6.42 Å². The molecule has 1 unspecified atom stereocenters. The Bertz CT molecular complexity index is 268. The molecule has 0 aromatic carbocycles. The van der Waals surface area contributed by atoms with Crippen molar-refractivity contribution < 1.29 is 19.5 Å². The second-order valence-electron chi connectivity index (χ2n) is 4.81.